The molecule has 0 bridgehead atoms. The third-order valence-electron chi connectivity index (χ3n) is 2.52. The largest absolute Gasteiger partial charge is 0.379 e. The Hall–Kier alpha value is 0.0600. The Kier molecular flexibility index (Phi) is 4.94. The number of hydrogen-bond acceptors (Lipinski definition) is 4. The maximum atomic E-state index is 5.66. The molecule has 1 heterocycles. The highest BCUT2D eigenvalue weighted by Gasteiger charge is 2.34. The molecule has 0 aliphatic rings. The number of rotatable bonds is 4. The van der Waals surface area contributed by atoms with Crippen LogP contribution < -0.4 is 11.3 Å². The van der Waals surface area contributed by atoms with Crippen LogP contribution in [0.1, 0.15) is 31.7 Å². The average molecular weight is 307 g/mol. The third-order valence-corrected chi connectivity index (χ3v) is 4.47. The van der Waals surface area contributed by atoms with E-state index in [1.54, 1.807) is 18.4 Å². The molecule has 0 saturated carbocycles. The van der Waals surface area contributed by atoms with Gasteiger partial charge in [-0.2, -0.15) is 0 Å². The number of methoxy groups -OCH3 is 1. The molecule has 0 spiro atoms. The highest BCUT2D eigenvalue weighted by Crippen LogP contribution is 2.37. The van der Waals surface area contributed by atoms with Gasteiger partial charge in [-0.05, 0) is 32.8 Å². The van der Waals surface area contributed by atoms with Gasteiger partial charge in [-0.15, -0.1) is 11.3 Å². The first-order valence-electron chi connectivity index (χ1n) is 5.13. The maximum Gasteiger partial charge on any atom is 0.0835 e. The lowest BCUT2D eigenvalue weighted by atomic mass is 9.84. The number of hydrazine groups is 1. The average Bonchev–Trinajstić information content (AvgIpc) is 2.58. The number of nitrogens with one attached hydrogen (secondary N) is 1. The Morgan fingerprint density at radius 1 is 1.50 bits per heavy atom. The van der Waals surface area contributed by atoms with E-state index in [1.807, 2.05) is 11.4 Å². The minimum absolute atomic E-state index is 0.000579. The summed E-state index contributed by atoms with van der Waals surface area (Å²) in [4.78, 5) is 1.17. The lowest BCUT2D eigenvalue weighted by Gasteiger charge is -2.35. The molecule has 0 radical (unpaired) electrons. The second kappa shape index (κ2) is 5.60. The van der Waals surface area contributed by atoms with E-state index in [0.29, 0.717) is 0 Å². The summed E-state index contributed by atoms with van der Waals surface area (Å²) < 4.78 is 6.67. The lowest BCUT2D eigenvalue weighted by Crippen LogP contribution is -2.43. The van der Waals surface area contributed by atoms with Gasteiger partial charge < -0.3 is 4.74 Å². The molecule has 5 heteroatoms. The van der Waals surface area contributed by atoms with Crippen molar-refractivity contribution in [3.63, 3.8) is 0 Å². The molecule has 0 amide bonds. The summed E-state index contributed by atoms with van der Waals surface area (Å²) in [6.45, 7) is 6.44. The fraction of sp³-hybridized carbons (Fsp3) is 0.636. The fourth-order valence-electron chi connectivity index (χ4n) is 1.82. The van der Waals surface area contributed by atoms with Crippen LogP contribution in [0, 0.1) is 5.41 Å². The van der Waals surface area contributed by atoms with Crippen molar-refractivity contribution in [3.05, 3.63) is 20.8 Å². The molecule has 0 aliphatic carbocycles. The summed E-state index contributed by atoms with van der Waals surface area (Å²) in [5.41, 5.74) is 2.88. The molecule has 0 fully saturated rings. The van der Waals surface area contributed by atoms with E-state index in [1.165, 1.54) is 4.88 Å². The summed E-state index contributed by atoms with van der Waals surface area (Å²) in [5, 5.41) is 2.04. The highest BCUT2D eigenvalue weighted by molar-refractivity contribution is 9.10. The zero-order valence-electron chi connectivity index (χ0n) is 10.1. The van der Waals surface area contributed by atoms with Gasteiger partial charge in [0.25, 0.3) is 0 Å². The smallest absolute Gasteiger partial charge is 0.0835 e. The van der Waals surface area contributed by atoms with E-state index in [9.17, 15) is 0 Å². The van der Waals surface area contributed by atoms with Crippen LogP contribution in [-0.4, -0.2) is 13.2 Å². The van der Waals surface area contributed by atoms with Gasteiger partial charge in [-0.25, -0.2) is 5.43 Å². The second-order valence-corrected chi connectivity index (χ2v) is 6.60. The summed E-state index contributed by atoms with van der Waals surface area (Å²) in [5.74, 6) is 5.66. The Morgan fingerprint density at radius 3 is 2.44 bits per heavy atom. The number of thiophene rings is 1. The van der Waals surface area contributed by atoms with E-state index < -0.39 is 0 Å². The van der Waals surface area contributed by atoms with Crippen molar-refractivity contribution in [1.82, 2.24) is 5.43 Å². The summed E-state index contributed by atoms with van der Waals surface area (Å²) in [7, 11) is 1.72. The van der Waals surface area contributed by atoms with E-state index in [2.05, 4.69) is 42.1 Å². The van der Waals surface area contributed by atoms with Crippen molar-refractivity contribution >= 4 is 27.3 Å². The van der Waals surface area contributed by atoms with Gasteiger partial charge in [0.05, 0.1) is 12.1 Å². The molecule has 0 aliphatic heterocycles. The van der Waals surface area contributed by atoms with E-state index >= 15 is 0 Å². The molecule has 1 aromatic rings. The Morgan fingerprint density at radius 2 is 2.12 bits per heavy atom. The third kappa shape index (κ3) is 3.05. The molecule has 3 N–H and O–H groups in total. The summed E-state index contributed by atoms with van der Waals surface area (Å²) in [6.07, 6.45) is 0.0208. The van der Waals surface area contributed by atoms with Crippen LogP contribution in [0.2, 0.25) is 0 Å². The molecule has 1 aromatic heterocycles. The minimum Gasteiger partial charge on any atom is -0.379 e. The molecule has 0 aromatic carbocycles. The number of hydrogen-bond donors (Lipinski definition) is 2. The van der Waals surface area contributed by atoms with Gasteiger partial charge in [-0.1, -0.05) is 20.8 Å². The highest BCUT2D eigenvalue weighted by atomic mass is 79.9. The van der Waals surface area contributed by atoms with E-state index in [4.69, 9.17) is 10.6 Å². The minimum atomic E-state index is -0.000579. The lowest BCUT2D eigenvalue weighted by molar-refractivity contribution is -0.0113. The van der Waals surface area contributed by atoms with Crippen LogP contribution >= 0.6 is 27.3 Å². The standard InChI is InChI=1S/C11H19BrN2OS/c1-11(2,3)10(15-4)8(14-13)9-7(12)5-6-16-9/h5-6,8,10,14H,13H2,1-4H3. The molecule has 1 rings (SSSR count). The molecule has 92 valence electrons. The fourth-order valence-corrected chi connectivity index (χ4v) is 3.52. The number of ether oxygens (including phenoxy) is 1. The zero-order chi connectivity index (χ0) is 12.3. The number of halogens is 1. The first-order chi connectivity index (χ1) is 7.41. The molecule has 2 unspecified atom stereocenters. The van der Waals surface area contributed by atoms with Gasteiger partial charge in [0.15, 0.2) is 0 Å². The maximum absolute atomic E-state index is 5.66. The van der Waals surface area contributed by atoms with Crippen molar-refractivity contribution in [2.24, 2.45) is 11.3 Å². The predicted molar refractivity (Wildman–Crippen MR) is 72.3 cm³/mol. The monoisotopic (exact) mass is 306 g/mol. The van der Waals surface area contributed by atoms with Gasteiger partial charge in [0.1, 0.15) is 0 Å². The predicted octanol–water partition coefficient (Wildman–Crippen LogP) is 3.08. The van der Waals surface area contributed by atoms with Crippen molar-refractivity contribution in [2.45, 2.75) is 32.9 Å². The van der Waals surface area contributed by atoms with Crippen LogP contribution in [0.15, 0.2) is 15.9 Å². The summed E-state index contributed by atoms with van der Waals surface area (Å²) >= 11 is 5.20. The number of nitrogens with two attached hydrogens (primary N) is 1. The van der Waals surface area contributed by atoms with Crippen molar-refractivity contribution in [1.29, 1.82) is 0 Å². The van der Waals surface area contributed by atoms with Crippen molar-refractivity contribution in [2.75, 3.05) is 7.11 Å². The first kappa shape index (κ1) is 14.1. The SMILES string of the molecule is COC(C(NN)c1sccc1Br)C(C)(C)C. The Bertz CT molecular complexity index is 335. The topological polar surface area (TPSA) is 47.3 Å². The van der Waals surface area contributed by atoms with Crippen molar-refractivity contribution in [3.8, 4) is 0 Å². The Labute approximate surface area is 109 Å². The summed E-state index contributed by atoms with van der Waals surface area (Å²) in [6, 6.07) is 2.03. The van der Waals surface area contributed by atoms with Crippen LogP contribution in [0.3, 0.4) is 0 Å². The molecule has 3 nitrogen and oxygen atoms in total. The van der Waals surface area contributed by atoms with Crippen LogP contribution in [0.25, 0.3) is 0 Å². The van der Waals surface area contributed by atoms with Gasteiger partial charge in [-0.3, -0.25) is 5.84 Å². The van der Waals surface area contributed by atoms with Crippen LogP contribution in [0.4, 0.5) is 0 Å². The normalized spacial score (nSPS) is 16.1. The Balaban J connectivity index is 3.02. The van der Waals surface area contributed by atoms with E-state index in [0.717, 1.165) is 4.47 Å². The second-order valence-electron chi connectivity index (χ2n) is 4.80. The van der Waals surface area contributed by atoms with E-state index in [-0.39, 0.29) is 17.6 Å². The molecule has 16 heavy (non-hydrogen) atoms. The zero-order valence-corrected chi connectivity index (χ0v) is 12.5. The molecule has 0 saturated heterocycles. The molecular weight excluding hydrogens is 288 g/mol. The molecular formula is C11H19BrN2OS. The van der Waals surface area contributed by atoms with Gasteiger partial charge >= 0.3 is 0 Å². The first-order valence-corrected chi connectivity index (χ1v) is 6.81. The van der Waals surface area contributed by atoms with Crippen molar-refractivity contribution < 1.29 is 4.74 Å². The quantitative estimate of drug-likeness (QED) is 0.664. The van der Waals surface area contributed by atoms with Crippen LogP contribution in [-0.2, 0) is 4.74 Å². The van der Waals surface area contributed by atoms with Crippen LogP contribution in [0.5, 0.6) is 0 Å². The van der Waals surface area contributed by atoms with Gasteiger partial charge in [0.2, 0.25) is 0 Å². The van der Waals surface area contributed by atoms with Gasteiger partial charge in [0, 0.05) is 16.5 Å². The molecule has 2 atom stereocenters.